The number of hydrogen-bond donors (Lipinski definition) is 1. The first-order valence-electron chi connectivity index (χ1n) is 4.98. The van der Waals surface area contributed by atoms with Crippen molar-refractivity contribution in [2.45, 2.75) is 51.6 Å². The van der Waals surface area contributed by atoms with Crippen molar-refractivity contribution in [2.75, 3.05) is 13.7 Å². The molecule has 0 saturated carbocycles. The largest absolute Gasteiger partial charge is 0.396 e. The van der Waals surface area contributed by atoms with Gasteiger partial charge in [-0.25, -0.2) is 0 Å². The summed E-state index contributed by atoms with van der Waals surface area (Å²) in [4.78, 5) is 0. The Labute approximate surface area is 75.9 Å². The van der Waals surface area contributed by atoms with Crippen molar-refractivity contribution < 1.29 is 9.84 Å². The van der Waals surface area contributed by atoms with Gasteiger partial charge in [-0.3, -0.25) is 0 Å². The molecule has 0 fully saturated rings. The lowest BCUT2D eigenvalue weighted by atomic mass is 10.1. The van der Waals surface area contributed by atoms with Crippen molar-refractivity contribution in [3.05, 3.63) is 0 Å². The maximum atomic E-state index is 8.63. The molecular weight excluding hydrogens is 152 g/mol. The van der Waals surface area contributed by atoms with Gasteiger partial charge in [0.1, 0.15) is 0 Å². The molecule has 0 rings (SSSR count). The molecular formula is C10H22O2. The summed E-state index contributed by atoms with van der Waals surface area (Å²) in [6.07, 6.45) is 7.17. The van der Waals surface area contributed by atoms with Gasteiger partial charge in [0.2, 0.25) is 0 Å². The third-order valence-corrected chi connectivity index (χ3v) is 2.15. The highest BCUT2D eigenvalue weighted by molar-refractivity contribution is 4.57. The molecule has 2 heteroatoms. The van der Waals surface area contributed by atoms with E-state index in [1.54, 1.807) is 7.11 Å². The summed E-state index contributed by atoms with van der Waals surface area (Å²) in [6, 6.07) is 0. The van der Waals surface area contributed by atoms with Crippen molar-refractivity contribution in [2.24, 2.45) is 0 Å². The molecule has 74 valence electrons. The van der Waals surface area contributed by atoms with Crippen molar-refractivity contribution in [1.29, 1.82) is 0 Å². The van der Waals surface area contributed by atoms with Crippen LogP contribution < -0.4 is 0 Å². The topological polar surface area (TPSA) is 29.5 Å². The van der Waals surface area contributed by atoms with Gasteiger partial charge in [0, 0.05) is 13.7 Å². The Morgan fingerprint density at radius 2 is 1.83 bits per heavy atom. The number of ether oxygens (including phenoxy) is 1. The van der Waals surface area contributed by atoms with Gasteiger partial charge >= 0.3 is 0 Å². The highest BCUT2D eigenvalue weighted by Crippen LogP contribution is 2.10. The lowest BCUT2D eigenvalue weighted by Gasteiger charge is -2.13. The van der Waals surface area contributed by atoms with E-state index in [1.807, 2.05) is 0 Å². The van der Waals surface area contributed by atoms with Gasteiger partial charge in [-0.2, -0.15) is 0 Å². The first-order chi connectivity index (χ1) is 5.85. The molecule has 0 aromatic rings. The average molecular weight is 174 g/mol. The number of hydrogen-bond acceptors (Lipinski definition) is 2. The monoisotopic (exact) mass is 174 g/mol. The highest BCUT2D eigenvalue weighted by atomic mass is 16.5. The van der Waals surface area contributed by atoms with E-state index in [4.69, 9.17) is 9.84 Å². The number of methoxy groups -OCH3 is 1. The SMILES string of the molecule is CCCCCC(CCCO)OC. The molecule has 0 radical (unpaired) electrons. The molecule has 0 aliphatic heterocycles. The minimum Gasteiger partial charge on any atom is -0.396 e. The van der Waals surface area contributed by atoms with Gasteiger partial charge in [0.25, 0.3) is 0 Å². The second-order valence-corrected chi connectivity index (χ2v) is 3.22. The summed E-state index contributed by atoms with van der Waals surface area (Å²) >= 11 is 0. The summed E-state index contributed by atoms with van der Waals surface area (Å²) in [5, 5.41) is 8.63. The Hall–Kier alpha value is -0.0800. The van der Waals surface area contributed by atoms with Crippen molar-refractivity contribution in [3.63, 3.8) is 0 Å². The van der Waals surface area contributed by atoms with E-state index in [2.05, 4.69) is 6.92 Å². The van der Waals surface area contributed by atoms with Crippen LogP contribution in [0.25, 0.3) is 0 Å². The Morgan fingerprint density at radius 1 is 1.17 bits per heavy atom. The zero-order valence-electron chi connectivity index (χ0n) is 8.38. The van der Waals surface area contributed by atoms with Crippen LogP contribution in [0.5, 0.6) is 0 Å². The van der Waals surface area contributed by atoms with Crippen LogP contribution in [0.2, 0.25) is 0 Å². The number of rotatable bonds is 8. The molecule has 1 N–H and O–H groups in total. The highest BCUT2D eigenvalue weighted by Gasteiger charge is 2.05. The fourth-order valence-electron chi connectivity index (χ4n) is 1.32. The van der Waals surface area contributed by atoms with Crippen LogP contribution >= 0.6 is 0 Å². The minimum absolute atomic E-state index is 0.285. The maximum absolute atomic E-state index is 8.63. The van der Waals surface area contributed by atoms with Crippen LogP contribution in [-0.2, 0) is 4.74 Å². The smallest absolute Gasteiger partial charge is 0.0572 e. The molecule has 0 saturated heterocycles. The minimum atomic E-state index is 0.285. The predicted molar refractivity (Wildman–Crippen MR) is 51.3 cm³/mol. The average Bonchev–Trinajstić information content (AvgIpc) is 2.11. The van der Waals surface area contributed by atoms with E-state index in [9.17, 15) is 0 Å². The molecule has 2 nitrogen and oxygen atoms in total. The molecule has 0 amide bonds. The van der Waals surface area contributed by atoms with Crippen molar-refractivity contribution >= 4 is 0 Å². The first-order valence-corrected chi connectivity index (χ1v) is 4.98. The van der Waals surface area contributed by atoms with E-state index >= 15 is 0 Å². The van der Waals surface area contributed by atoms with Crippen LogP contribution in [0.3, 0.4) is 0 Å². The zero-order chi connectivity index (χ0) is 9.23. The first kappa shape index (κ1) is 11.9. The van der Waals surface area contributed by atoms with E-state index in [0.29, 0.717) is 6.10 Å². The molecule has 0 aliphatic rings. The zero-order valence-corrected chi connectivity index (χ0v) is 8.38. The van der Waals surface area contributed by atoms with Crippen LogP contribution in [0, 0.1) is 0 Å². The normalized spacial score (nSPS) is 13.2. The third-order valence-electron chi connectivity index (χ3n) is 2.15. The molecule has 12 heavy (non-hydrogen) atoms. The van der Waals surface area contributed by atoms with Gasteiger partial charge in [0.15, 0.2) is 0 Å². The summed E-state index contributed by atoms with van der Waals surface area (Å²) in [5.74, 6) is 0. The van der Waals surface area contributed by atoms with Gasteiger partial charge in [0.05, 0.1) is 6.10 Å². The van der Waals surface area contributed by atoms with Crippen LogP contribution in [0.1, 0.15) is 45.4 Å². The molecule has 0 aliphatic carbocycles. The van der Waals surface area contributed by atoms with Gasteiger partial charge in [-0.05, 0) is 19.3 Å². The Morgan fingerprint density at radius 3 is 2.33 bits per heavy atom. The standard InChI is InChI=1S/C10H22O2/c1-3-4-5-7-10(12-2)8-6-9-11/h10-11H,3-9H2,1-2H3. The Bertz CT molecular complexity index is 83.9. The van der Waals surface area contributed by atoms with Crippen molar-refractivity contribution in [3.8, 4) is 0 Å². The lowest BCUT2D eigenvalue weighted by molar-refractivity contribution is 0.0789. The van der Waals surface area contributed by atoms with Gasteiger partial charge < -0.3 is 9.84 Å². The Balaban J connectivity index is 3.26. The fourth-order valence-corrected chi connectivity index (χ4v) is 1.32. The predicted octanol–water partition coefficient (Wildman–Crippen LogP) is 2.35. The molecule has 1 unspecified atom stereocenters. The summed E-state index contributed by atoms with van der Waals surface area (Å²) < 4.78 is 5.29. The van der Waals surface area contributed by atoms with Gasteiger partial charge in [-0.1, -0.05) is 26.2 Å². The van der Waals surface area contributed by atoms with Crippen LogP contribution in [0.4, 0.5) is 0 Å². The number of unbranched alkanes of at least 4 members (excludes halogenated alkanes) is 2. The molecule has 0 spiro atoms. The Kier molecular flexibility index (Phi) is 8.95. The maximum Gasteiger partial charge on any atom is 0.0572 e. The molecule has 0 bridgehead atoms. The van der Waals surface area contributed by atoms with Gasteiger partial charge in [-0.15, -0.1) is 0 Å². The van der Waals surface area contributed by atoms with E-state index in [-0.39, 0.29) is 6.61 Å². The summed E-state index contributed by atoms with van der Waals surface area (Å²) in [7, 11) is 1.76. The van der Waals surface area contributed by atoms with E-state index < -0.39 is 0 Å². The van der Waals surface area contributed by atoms with Crippen LogP contribution in [0.15, 0.2) is 0 Å². The molecule has 0 heterocycles. The summed E-state index contributed by atoms with van der Waals surface area (Å²) in [5.41, 5.74) is 0. The fraction of sp³-hybridized carbons (Fsp3) is 1.00. The second kappa shape index (κ2) is 9.01. The molecule has 0 aromatic carbocycles. The van der Waals surface area contributed by atoms with Crippen LogP contribution in [-0.4, -0.2) is 24.9 Å². The lowest BCUT2D eigenvalue weighted by Crippen LogP contribution is -2.10. The molecule has 0 aromatic heterocycles. The van der Waals surface area contributed by atoms with Crippen molar-refractivity contribution in [1.82, 2.24) is 0 Å². The second-order valence-electron chi connectivity index (χ2n) is 3.22. The number of aliphatic hydroxyl groups excluding tert-OH is 1. The third kappa shape index (κ3) is 6.62. The quantitative estimate of drug-likeness (QED) is 0.572. The molecule has 1 atom stereocenters. The van der Waals surface area contributed by atoms with E-state index in [1.165, 1.54) is 19.3 Å². The number of aliphatic hydroxyl groups is 1. The van der Waals surface area contributed by atoms with E-state index in [0.717, 1.165) is 19.3 Å². The summed E-state index contributed by atoms with van der Waals surface area (Å²) in [6.45, 7) is 2.49.